The molecule has 1 aromatic rings. The molecule has 0 amide bonds. The molecule has 5 heteroatoms. The Morgan fingerprint density at radius 2 is 2.13 bits per heavy atom. The molecule has 0 N–H and O–H groups in total. The number of benzene rings is 1. The van der Waals surface area contributed by atoms with Crippen LogP contribution in [0.3, 0.4) is 0 Å². The van der Waals surface area contributed by atoms with Crippen molar-refractivity contribution in [1.82, 2.24) is 0 Å². The fourth-order valence-corrected chi connectivity index (χ4v) is 3.11. The van der Waals surface area contributed by atoms with Gasteiger partial charge >= 0.3 is 5.97 Å². The van der Waals surface area contributed by atoms with E-state index in [1.54, 1.807) is 13.2 Å². The number of hydrogen-bond acceptors (Lipinski definition) is 3. The maximum Gasteiger partial charge on any atom is 0.340 e. The van der Waals surface area contributed by atoms with Crippen molar-refractivity contribution in [1.29, 1.82) is 0 Å². The maximum atomic E-state index is 12.6. The average Bonchev–Trinajstić information content (AvgIpc) is 2.51. The predicted octanol–water partition coefficient (Wildman–Crippen LogP) is 5.72. The third-order valence-electron chi connectivity index (χ3n) is 3.68. The molecule has 0 fully saturated rings. The van der Waals surface area contributed by atoms with E-state index in [9.17, 15) is 4.79 Å². The zero-order chi connectivity index (χ0) is 17.2. The van der Waals surface area contributed by atoms with Gasteiger partial charge in [0.1, 0.15) is 12.2 Å². The molecule has 1 aromatic carbocycles. The zero-order valence-corrected chi connectivity index (χ0v) is 16.8. The van der Waals surface area contributed by atoms with E-state index in [2.05, 4.69) is 29.5 Å². The molecule has 0 aliphatic heterocycles. The highest BCUT2D eigenvalue weighted by atomic mass is 127. The van der Waals surface area contributed by atoms with Crippen LogP contribution in [0.15, 0.2) is 28.4 Å². The monoisotopic (exact) mass is 450 g/mol. The summed E-state index contributed by atoms with van der Waals surface area (Å²) in [6.07, 6.45) is 5.31. The summed E-state index contributed by atoms with van der Waals surface area (Å²) in [5.74, 6) is -0.390. The third-order valence-corrected chi connectivity index (χ3v) is 4.41. The molecule has 0 saturated carbocycles. The smallest absolute Gasteiger partial charge is 0.340 e. The molecular formula is C18H24ClIO3. The number of halogens is 2. The summed E-state index contributed by atoms with van der Waals surface area (Å²) in [5, 5.41) is 0.417. The van der Waals surface area contributed by atoms with Gasteiger partial charge in [-0.25, -0.2) is 4.79 Å². The van der Waals surface area contributed by atoms with Crippen molar-refractivity contribution in [3.05, 3.63) is 44.5 Å². The van der Waals surface area contributed by atoms with Crippen molar-refractivity contribution in [2.75, 3.05) is 7.11 Å². The molecule has 0 unspecified atom stereocenters. The number of carbonyl (C=O) groups is 1. The van der Waals surface area contributed by atoms with Gasteiger partial charge in [0.25, 0.3) is 0 Å². The fraction of sp³-hybridized carbons (Fsp3) is 0.500. The summed E-state index contributed by atoms with van der Waals surface area (Å²) in [6.45, 7) is 4.00. The van der Waals surface area contributed by atoms with Crippen molar-refractivity contribution >= 4 is 40.2 Å². The number of aryl methyl sites for hydroxylation is 1. The Balaban J connectivity index is 2.92. The molecule has 128 valence electrons. The summed E-state index contributed by atoms with van der Waals surface area (Å²) in [6, 6.07) is 5.38. The summed E-state index contributed by atoms with van der Waals surface area (Å²) in [7, 11) is 1.63. The van der Waals surface area contributed by atoms with E-state index in [0.29, 0.717) is 10.6 Å². The van der Waals surface area contributed by atoms with Crippen LogP contribution < -0.4 is 0 Å². The molecule has 0 aliphatic rings. The van der Waals surface area contributed by atoms with Crippen LogP contribution in [0.5, 0.6) is 0 Å². The maximum absolute atomic E-state index is 12.6. The molecule has 3 nitrogen and oxygen atoms in total. The molecule has 0 spiro atoms. The van der Waals surface area contributed by atoms with Gasteiger partial charge in [-0.05, 0) is 41.6 Å². The lowest BCUT2D eigenvalue weighted by molar-refractivity contribution is -0.0214. The number of ether oxygens (including phenoxy) is 2. The first-order chi connectivity index (χ1) is 11.0. The van der Waals surface area contributed by atoms with Gasteiger partial charge in [0.15, 0.2) is 0 Å². The summed E-state index contributed by atoms with van der Waals surface area (Å²) in [4.78, 5) is 12.6. The SMILES string of the molecule is CCCCC[C@H](OC(=O)c1c(C)cccc1Cl)[C@@H](/C=C/I)OC. The van der Waals surface area contributed by atoms with Crippen LogP contribution in [0.2, 0.25) is 5.02 Å². The summed E-state index contributed by atoms with van der Waals surface area (Å²) >= 11 is 8.30. The minimum absolute atomic E-state index is 0.254. The number of esters is 1. The van der Waals surface area contributed by atoms with Crippen LogP contribution in [0.1, 0.15) is 48.5 Å². The Bertz CT molecular complexity index is 511. The molecule has 0 heterocycles. The summed E-state index contributed by atoms with van der Waals surface area (Å²) < 4.78 is 13.1. The molecule has 2 atom stereocenters. The first kappa shape index (κ1) is 20.5. The quantitative estimate of drug-likeness (QED) is 0.274. The number of rotatable bonds is 9. The zero-order valence-electron chi connectivity index (χ0n) is 13.9. The Labute approximate surface area is 157 Å². The standard InChI is InChI=1S/C18H24ClIO3/c1-4-5-6-10-16(15(22-3)11-12-20)23-18(21)17-13(2)8-7-9-14(17)19/h7-9,11-12,15-16H,4-6,10H2,1-3H3/b12-11+/t15-,16+/m1/s1. The fourth-order valence-electron chi connectivity index (χ4n) is 2.40. The Morgan fingerprint density at radius 1 is 1.39 bits per heavy atom. The van der Waals surface area contributed by atoms with Crippen LogP contribution >= 0.6 is 34.2 Å². The van der Waals surface area contributed by atoms with Crippen LogP contribution in [0.25, 0.3) is 0 Å². The molecule has 0 radical (unpaired) electrons. The van der Waals surface area contributed by atoms with Crippen LogP contribution in [0, 0.1) is 6.92 Å². The highest BCUT2D eigenvalue weighted by Crippen LogP contribution is 2.23. The van der Waals surface area contributed by atoms with Crippen molar-refractivity contribution in [2.24, 2.45) is 0 Å². The van der Waals surface area contributed by atoms with Gasteiger partial charge in [0, 0.05) is 7.11 Å². The molecule has 0 bridgehead atoms. The number of methoxy groups -OCH3 is 1. The van der Waals surface area contributed by atoms with E-state index < -0.39 is 5.97 Å². The van der Waals surface area contributed by atoms with E-state index in [0.717, 1.165) is 31.2 Å². The van der Waals surface area contributed by atoms with Gasteiger partial charge in [-0.15, -0.1) is 0 Å². The number of carbonyl (C=O) groups excluding carboxylic acids is 1. The minimum Gasteiger partial charge on any atom is -0.456 e. The normalized spacial score (nSPS) is 14.0. The lowest BCUT2D eigenvalue weighted by Gasteiger charge is -2.24. The topological polar surface area (TPSA) is 35.5 Å². The second-order valence-corrected chi connectivity index (χ2v) is 6.52. The molecule has 0 aliphatic carbocycles. The van der Waals surface area contributed by atoms with Crippen molar-refractivity contribution in [3.8, 4) is 0 Å². The number of unbranched alkanes of at least 4 members (excludes halogenated alkanes) is 2. The van der Waals surface area contributed by atoms with Gasteiger partial charge in [0.05, 0.1) is 10.6 Å². The van der Waals surface area contributed by atoms with Gasteiger partial charge in [-0.3, -0.25) is 0 Å². The van der Waals surface area contributed by atoms with E-state index >= 15 is 0 Å². The second-order valence-electron chi connectivity index (χ2n) is 5.39. The van der Waals surface area contributed by atoms with Crippen LogP contribution in [-0.2, 0) is 9.47 Å². The van der Waals surface area contributed by atoms with E-state index in [4.69, 9.17) is 21.1 Å². The first-order valence-electron chi connectivity index (χ1n) is 7.80. The molecule has 0 aromatic heterocycles. The molecule has 1 rings (SSSR count). The summed E-state index contributed by atoms with van der Waals surface area (Å²) in [5.41, 5.74) is 1.25. The van der Waals surface area contributed by atoms with Crippen molar-refractivity contribution < 1.29 is 14.3 Å². The molecule has 0 saturated heterocycles. The van der Waals surface area contributed by atoms with E-state index in [1.165, 1.54) is 0 Å². The second kappa shape index (κ2) is 11.0. The van der Waals surface area contributed by atoms with Crippen molar-refractivity contribution in [3.63, 3.8) is 0 Å². The van der Waals surface area contributed by atoms with Gasteiger partial charge in [-0.2, -0.15) is 0 Å². The molecule has 23 heavy (non-hydrogen) atoms. The lowest BCUT2D eigenvalue weighted by atomic mass is 10.0. The molecular weight excluding hydrogens is 427 g/mol. The van der Waals surface area contributed by atoms with Crippen LogP contribution in [0.4, 0.5) is 0 Å². The highest BCUT2D eigenvalue weighted by Gasteiger charge is 2.25. The van der Waals surface area contributed by atoms with Crippen LogP contribution in [-0.4, -0.2) is 25.3 Å². The third kappa shape index (κ3) is 6.43. The Kier molecular flexibility index (Phi) is 9.83. The largest absolute Gasteiger partial charge is 0.456 e. The van der Waals surface area contributed by atoms with Gasteiger partial charge < -0.3 is 9.47 Å². The Morgan fingerprint density at radius 3 is 2.70 bits per heavy atom. The lowest BCUT2D eigenvalue weighted by Crippen LogP contribution is -2.32. The average molecular weight is 451 g/mol. The number of hydrogen-bond donors (Lipinski definition) is 0. The van der Waals surface area contributed by atoms with E-state index in [1.807, 2.05) is 29.2 Å². The van der Waals surface area contributed by atoms with Gasteiger partial charge in [-0.1, -0.05) is 66.1 Å². The first-order valence-corrected chi connectivity index (χ1v) is 9.43. The predicted molar refractivity (Wildman–Crippen MR) is 103 cm³/mol. The minimum atomic E-state index is -0.390. The van der Waals surface area contributed by atoms with Gasteiger partial charge in [0.2, 0.25) is 0 Å². The highest BCUT2D eigenvalue weighted by molar-refractivity contribution is 14.1. The Hall–Kier alpha value is -0.590. The van der Waals surface area contributed by atoms with Crippen molar-refractivity contribution in [2.45, 2.75) is 51.7 Å². The van der Waals surface area contributed by atoms with E-state index in [-0.39, 0.29) is 12.2 Å².